The fraction of sp³-hybridized carbons (Fsp3) is 0.684. The summed E-state index contributed by atoms with van der Waals surface area (Å²) in [5.41, 5.74) is -0.718. The normalized spacial score (nSPS) is 20.3. The van der Waals surface area contributed by atoms with Crippen molar-refractivity contribution in [2.45, 2.75) is 51.0 Å². The number of carbonyl (C=O) groups excluding carboxylic acids is 3. The highest BCUT2D eigenvalue weighted by Crippen LogP contribution is 2.40. The summed E-state index contributed by atoms with van der Waals surface area (Å²) in [4.78, 5) is 44.4. The van der Waals surface area contributed by atoms with Gasteiger partial charge in [0.25, 0.3) is 5.91 Å². The van der Waals surface area contributed by atoms with E-state index < -0.39 is 11.7 Å². The molecule has 3 heterocycles. The van der Waals surface area contributed by atoms with Gasteiger partial charge in [-0.25, -0.2) is 9.78 Å². The number of carbonyl (C=O) groups is 3. The summed E-state index contributed by atoms with van der Waals surface area (Å²) in [6.45, 7) is 5.15. The molecule has 0 bridgehead atoms. The second-order valence-corrected chi connectivity index (χ2v) is 8.10. The highest BCUT2D eigenvalue weighted by Gasteiger charge is 2.47. The van der Waals surface area contributed by atoms with Crippen molar-refractivity contribution < 1.29 is 19.1 Å². The lowest BCUT2D eigenvalue weighted by atomic mass is 9.88. The summed E-state index contributed by atoms with van der Waals surface area (Å²) in [7, 11) is 3.28. The van der Waals surface area contributed by atoms with Crippen LogP contribution in [-0.4, -0.2) is 83.1 Å². The highest BCUT2D eigenvalue weighted by atomic mass is 16.5. The van der Waals surface area contributed by atoms with E-state index in [2.05, 4.69) is 15.6 Å². The first-order chi connectivity index (χ1) is 13.7. The average molecular weight is 406 g/mol. The number of rotatable bonds is 4. The van der Waals surface area contributed by atoms with Gasteiger partial charge in [-0.1, -0.05) is 0 Å². The van der Waals surface area contributed by atoms with Gasteiger partial charge in [-0.3, -0.25) is 9.59 Å². The minimum atomic E-state index is -0.720. The standard InChI is InChI=1S/C19H30N6O4/c1-13(2)22-18(28)24-8-5-19(6-9-24)17-20-7-10-25(17)12-14(29-19)16(27)21-11-15(26)23(3)4/h7,10,13-14H,5-6,8-9,11-12H2,1-4H3,(H,21,27)(H,22,28). The molecule has 1 fully saturated rings. The molecule has 3 rings (SSSR count). The molecule has 1 aromatic heterocycles. The molecule has 1 spiro atoms. The summed E-state index contributed by atoms with van der Waals surface area (Å²) < 4.78 is 8.22. The maximum Gasteiger partial charge on any atom is 0.317 e. The van der Waals surface area contributed by atoms with Crippen LogP contribution in [0.5, 0.6) is 0 Å². The fourth-order valence-corrected chi connectivity index (χ4v) is 3.72. The molecule has 0 radical (unpaired) electrons. The fourth-order valence-electron chi connectivity index (χ4n) is 3.72. The maximum absolute atomic E-state index is 12.7. The summed E-state index contributed by atoms with van der Waals surface area (Å²) >= 11 is 0. The molecule has 29 heavy (non-hydrogen) atoms. The Balaban J connectivity index is 1.69. The molecule has 2 aliphatic heterocycles. The number of likely N-dealkylation sites (N-methyl/N-ethyl adjacent to an activating group) is 1. The summed E-state index contributed by atoms with van der Waals surface area (Å²) in [6.07, 6.45) is 3.92. The molecule has 0 saturated carbocycles. The van der Waals surface area contributed by atoms with Gasteiger partial charge in [-0.05, 0) is 13.8 Å². The van der Waals surface area contributed by atoms with Crippen molar-refractivity contribution >= 4 is 17.8 Å². The van der Waals surface area contributed by atoms with E-state index in [1.807, 2.05) is 24.6 Å². The Kier molecular flexibility index (Phi) is 6.11. The molecular weight excluding hydrogens is 376 g/mol. The lowest BCUT2D eigenvalue weighted by molar-refractivity contribution is -0.172. The van der Waals surface area contributed by atoms with Gasteiger partial charge in [0.1, 0.15) is 11.4 Å². The first kappa shape index (κ1) is 21.1. The SMILES string of the molecule is CC(C)NC(=O)N1CCC2(CC1)OC(C(=O)NCC(=O)N(C)C)Cn1ccnc12. The Morgan fingerprint density at radius 2 is 2.00 bits per heavy atom. The van der Waals surface area contributed by atoms with Crippen molar-refractivity contribution in [3.05, 3.63) is 18.2 Å². The molecule has 1 atom stereocenters. The van der Waals surface area contributed by atoms with Gasteiger partial charge >= 0.3 is 6.03 Å². The third kappa shape index (κ3) is 4.52. The van der Waals surface area contributed by atoms with Crippen LogP contribution in [0.15, 0.2) is 12.4 Å². The van der Waals surface area contributed by atoms with Gasteiger partial charge in [0.15, 0.2) is 6.10 Å². The van der Waals surface area contributed by atoms with Crippen molar-refractivity contribution in [2.24, 2.45) is 0 Å². The van der Waals surface area contributed by atoms with Gasteiger partial charge < -0.3 is 29.7 Å². The summed E-state index contributed by atoms with van der Waals surface area (Å²) in [6, 6.07) is -0.0216. The Bertz CT molecular complexity index is 767. The third-order valence-corrected chi connectivity index (χ3v) is 5.33. The van der Waals surface area contributed by atoms with Crippen molar-refractivity contribution in [1.29, 1.82) is 0 Å². The molecule has 10 heteroatoms. The number of imidazole rings is 1. The predicted octanol–water partition coefficient (Wildman–Crippen LogP) is -0.105. The summed E-state index contributed by atoms with van der Waals surface area (Å²) in [5, 5.41) is 5.57. The molecule has 160 valence electrons. The Morgan fingerprint density at radius 3 is 2.62 bits per heavy atom. The van der Waals surface area contributed by atoms with E-state index in [1.165, 1.54) is 4.90 Å². The van der Waals surface area contributed by atoms with Crippen molar-refractivity contribution in [3.63, 3.8) is 0 Å². The molecule has 2 N–H and O–H groups in total. The van der Waals surface area contributed by atoms with Crippen LogP contribution in [0.3, 0.4) is 0 Å². The molecular formula is C19H30N6O4. The van der Waals surface area contributed by atoms with E-state index in [4.69, 9.17) is 4.74 Å². The smallest absolute Gasteiger partial charge is 0.317 e. The molecule has 1 aromatic rings. The van der Waals surface area contributed by atoms with Gasteiger partial charge in [-0.15, -0.1) is 0 Å². The number of ether oxygens (including phenoxy) is 1. The zero-order valence-electron chi connectivity index (χ0n) is 17.5. The van der Waals surface area contributed by atoms with E-state index >= 15 is 0 Å². The van der Waals surface area contributed by atoms with Crippen LogP contribution in [0.1, 0.15) is 32.5 Å². The zero-order valence-corrected chi connectivity index (χ0v) is 17.5. The quantitative estimate of drug-likeness (QED) is 0.726. The van der Waals surface area contributed by atoms with Crippen molar-refractivity contribution in [3.8, 4) is 0 Å². The lowest BCUT2D eigenvalue weighted by Gasteiger charge is -2.45. The predicted molar refractivity (Wildman–Crippen MR) is 105 cm³/mol. The minimum Gasteiger partial charge on any atom is -0.352 e. The molecule has 0 aromatic carbocycles. The van der Waals surface area contributed by atoms with E-state index in [0.29, 0.717) is 32.5 Å². The van der Waals surface area contributed by atoms with E-state index in [1.54, 1.807) is 25.2 Å². The lowest BCUT2D eigenvalue weighted by Crippen LogP contribution is -2.56. The van der Waals surface area contributed by atoms with Crippen LogP contribution >= 0.6 is 0 Å². The molecule has 1 unspecified atom stereocenters. The van der Waals surface area contributed by atoms with Crippen LogP contribution in [0.2, 0.25) is 0 Å². The Morgan fingerprint density at radius 1 is 1.31 bits per heavy atom. The number of fused-ring (bicyclic) bond motifs is 2. The van der Waals surface area contributed by atoms with Crippen molar-refractivity contribution in [1.82, 2.24) is 30.0 Å². The Labute approximate surface area is 170 Å². The second kappa shape index (κ2) is 8.40. The molecule has 2 aliphatic rings. The second-order valence-electron chi connectivity index (χ2n) is 8.10. The van der Waals surface area contributed by atoms with Crippen LogP contribution < -0.4 is 10.6 Å². The van der Waals surface area contributed by atoms with Crippen LogP contribution in [0.4, 0.5) is 4.79 Å². The van der Waals surface area contributed by atoms with E-state index in [-0.39, 0.29) is 30.4 Å². The number of likely N-dealkylation sites (tertiary alicyclic amines) is 1. The van der Waals surface area contributed by atoms with Crippen molar-refractivity contribution in [2.75, 3.05) is 33.7 Å². The third-order valence-electron chi connectivity index (χ3n) is 5.33. The molecule has 1 saturated heterocycles. The number of nitrogens with zero attached hydrogens (tertiary/aromatic N) is 4. The number of urea groups is 1. The van der Waals surface area contributed by atoms with E-state index in [9.17, 15) is 14.4 Å². The maximum atomic E-state index is 12.7. The van der Waals surface area contributed by atoms with Gasteiger partial charge in [0.05, 0.1) is 13.1 Å². The largest absolute Gasteiger partial charge is 0.352 e. The minimum absolute atomic E-state index is 0.0705. The molecule has 4 amide bonds. The molecule has 0 aliphatic carbocycles. The highest BCUT2D eigenvalue weighted by molar-refractivity contribution is 5.86. The number of piperidine rings is 1. The number of hydrogen-bond acceptors (Lipinski definition) is 5. The number of nitrogens with one attached hydrogen (secondary N) is 2. The zero-order chi connectivity index (χ0) is 21.2. The van der Waals surface area contributed by atoms with Crippen LogP contribution in [-0.2, 0) is 26.5 Å². The first-order valence-electron chi connectivity index (χ1n) is 9.94. The van der Waals surface area contributed by atoms with Gasteiger partial charge in [0, 0.05) is 58.5 Å². The van der Waals surface area contributed by atoms with Gasteiger partial charge in [0.2, 0.25) is 5.91 Å². The topological polar surface area (TPSA) is 109 Å². The number of aromatic nitrogens is 2. The van der Waals surface area contributed by atoms with Crippen LogP contribution in [0.25, 0.3) is 0 Å². The average Bonchev–Trinajstić information content (AvgIpc) is 3.15. The Hall–Kier alpha value is -2.62. The van der Waals surface area contributed by atoms with E-state index in [0.717, 1.165) is 5.82 Å². The summed E-state index contributed by atoms with van der Waals surface area (Å²) in [5.74, 6) is 0.283. The monoisotopic (exact) mass is 406 g/mol. The van der Waals surface area contributed by atoms with Crippen LogP contribution in [0, 0.1) is 0 Å². The number of hydrogen-bond donors (Lipinski definition) is 2. The number of amides is 4. The van der Waals surface area contributed by atoms with Gasteiger partial charge in [-0.2, -0.15) is 0 Å². The first-order valence-corrected chi connectivity index (χ1v) is 9.94. The molecule has 10 nitrogen and oxygen atoms in total.